The summed E-state index contributed by atoms with van der Waals surface area (Å²) in [5, 5.41) is 4.25. The van der Waals surface area contributed by atoms with Crippen LogP contribution in [-0.2, 0) is 7.05 Å². The molecule has 0 saturated carbocycles. The first-order valence-corrected chi connectivity index (χ1v) is 10.1. The third-order valence-electron chi connectivity index (χ3n) is 5.75. The van der Waals surface area contributed by atoms with Gasteiger partial charge in [-0.05, 0) is 37.5 Å². The fourth-order valence-corrected chi connectivity index (χ4v) is 3.96. The van der Waals surface area contributed by atoms with Gasteiger partial charge in [0.1, 0.15) is 5.82 Å². The van der Waals surface area contributed by atoms with Crippen molar-refractivity contribution in [2.75, 3.05) is 13.1 Å². The molecule has 30 heavy (non-hydrogen) atoms. The number of amides is 1. The summed E-state index contributed by atoms with van der Waals surface area (Å²) in [6, 6.07) is 15.7. The summed E-state index contributed by atoms with van der Waals surface area (Å²) in [4.78, 5) is 27.5. The van der Waals surface area contributed by atoms with Crippen LogP contribution in [0.1, 0.15) is 39.4 Å². The number of rotatable bonds is 4. The second-order valence-corrected chi connectivity index (χ2v) is 7.81. The molecule has 3 aromatic rings. The average molecular weight is 405 g/mol. The molecule has 0 aliphatic carbocycles. The predicted octanol–water partition coefficient (Wildman–Crippen LogP) is 4.27. The lowest BCUT2D eigenvalue weighted by Crippen LogP contribution is -2.42. The molecular formula is C24H24FN3O2. The second-order valence-electron chi connectivity index (χ2n) is 7.81. The van der Waals surface area contributed by atoms with E-state index >= 15 is 0 Å². The molecule has 6 heteroatoms. The van der Waals surface area contributed by atoms with Crippen molar-refractivity contribution in [1.82, 2.24) is 14.7 Å². The van der Waals surface area contributed by atoms with E-state index in [1.54, 1.807) is 34.8 Å². The molecule has 0 bridgehead atoms. The number of benzene rings is 2. The topological polar surface area (TPSA) is 55.2 Å². The molecule has 0 unspecified atom stereocenters. The average Bonchev–Trinajstić information content (AvgIpc) is 3.11. The van der Waals surface area contributed by atoms with E-state index in [1.165, 1.54) is 6.07 Å². The molecule has 5 nitrogen and oxygen atoms in total. The van der Waals surface area contributed by atoms with Crippen LogP contribution in [0.2, 0.25) is 0 Å². The first-order valence-electron chi connectivity index (χ1n) is 10.1. The highest BCUT2D eigenvalue weighted by Gasteiger charge is 2.30. The zero-order chi connectivity index (χ0) is 21.3. The maximum Gasteiger partial charge on any atom is 0.274 e. The van der Waals surface area contributed by atoms with Crippen LogP contribution in [0.15, 0.2) is 54.6 Å². The van der Waals surface area contributed by atoms with Gasteiger partial charge in [-0.2, -0.15) is 5.10 Å². The molecule has 0 radical (unpaired) electrons. The Hall–Kier alpha value is -3.28. The van der Waals surface area contributed by atoms with E-state index in [9.17, 15) is 14.0 Å². The van der Waals surface area contributed by atoms with Crippen molar-refractivity contribution in [1.29, 1.82) is 0 Å². The Labute approximate surface area is 175 Å². The monoisotopic (exact) mass is 405 g/mol. The summed E-state index contributed by atoms with van der Waals surface area (Å²) in [6.07, 6.45) is 1.42. The molecular weight excluding hydrogens is 381 g/mol. The SMILES string of the molecule is Cc1cc(C(=O)N2CCC[C@@H](C(=O)c3ccc(-c4ccccc4)c(F)c3)C2)nn1C. The van der Waals surface area contributed by atoms with Crippen LogP contribution in [0.5, 0.6) is 0 Å². The highest BCUT2D eigenvalue weighted by molar-refractivity contribution is 5.99. The minimum atomic E-state index is -0.417. The van der Waals surface area contributed by atoms with Crippen LogP contribution in [0.4, 0.5) is 4.39 Å². The molecule has 154 valence electrons. The fraction of sp³-hybridized carbons (Fsp3) is 0.292. The summed E-state index contributed by atoms with van der Waals surface area (Å²) in [5.41, 5.74) is 2.88. The summed E-state index contributed by atoms with van der Waals surface area (Å²) >= 11 is 0. The van der Waals surface area contributed by atoms with E-state index in [2.05, 4.69) is 5.10 Å². The smallest absolute Gasteiger partial charge is 0.274 e. The number of hydrogen-bond acceptors (Lipinski definition) is 3. The molecule has 4 rings (SSSR count). The molecule has 1 amide bonds. The Kier molecular flexibility index (Phi) is 5.48. The predicted molar refractivity (Wildman–Crippen MR) is 113 cm³/mol. The molecule has 1 aliphatic rings. The Morgan fingerprint density at radius 3 is 2.53 bits per heavy atom. The largest absolute Gasteiger partial charge is 0.337 e. The molecule has 1 saturated heterocycles. The number of carbonyl (C=O) groups excluding carboxylic acids is 2. The Bertz CT molecular complexity index is 1070. The first-order chi connectivity index (χ1) is 14.4. The number of likely N-dealkylation sites (tertiary alicyclic amines) is 1. The van der Waals surface area contributed by atoms with Crippen LogP contribution in [-0.4, -0.2) is 39.5 Å². The number of nitrogens with zero attached hydrogens (tertiary/aromatic N) is 3. The van der Waals surface area contributed by atoms with Crippen LogP contribution in [0, 0.1) is 18.7 Å². The molecule has 1 atom stereocenters. The van der Waals surface area contributed by atoms with Crippen LogP contribution < -0.4 is 0 Å². The van der Waals surface area contributed by atoms with Gasteiger partial charge >= 0.3 is 0 Å². The van der Waals surface area contributed by atoms with Gasteiger partial charge < -0.3 is 4.90 Å². The fourth-order valence-electron chi connectivity index (χ4n) is 3.96. The summed E-state index contributed by atoms with van der Waals surface area (Å²) in [7, 11) is 1.79. The number of aromatic nitrogens is 2. The van der Waals surface area contributed by atoms with Gasteiger partial charge in [-0.25, -0.2) is 4.39 Å². The van der Waals surface area contributed by atoms with Gasteiger partial charge in [0.25, 0.3) is 5.91 Å². The van der Waals surface area contributed by atoms with Crippen LogP contribution >= 0.6 is 0 Å². The lowest BCUT2D eigenvalue weighted by molar-refractivity contribution is 0.0631. The second kappa shape index (κ2) is 8.22. The molecule has 1 fully saturated rings. The third-order valence-corrected chi connectivity index (χ3v) is 5.75. The summed E-state index contributed by atoms with van der Waals surface area (Å²) < 4.78 is 16.4. The minimum Gasteiger partial charge on any atom is -0.337 e. The number of aryl methyl sites for hydroxylation is 2. The number of Topliss-reactive ketones (excluding diaryl/α,β-unsaturated/α-hetero) is 1. The van der Waals surface area contributed by atoms with Crippen molar-refractivity contribution in [3.8, 4) is 11.1 Å². The molecule has 0 N–H and O–H groups in total. The highest BCUT2D eigenvalue weighted by atomic mass is 19.1. The van der Waals surface area contributed by atoms with Crippen molar-refractivity contribution in [2.24, 2.45) is 13.0 Å². The van der Waals surface area contributed by atoms with Crippen molar-refractivity contribution in [3.63, 3.8) is 0 Å². The lowest BCUT2D eigenvalue weighted by atomic mass is 9.89. The molecule has 1 aromatic heterocycles. The van der Waals surface area contributed by atoms with Gasteiger partial charge in [0.15, 0.2) is 11.5 Å². The zero-order valence-electron chi connectivity index (χ0n) is 17.1. The van der Waals surface area contributed by atoms with Gasteiger partial charge in [0.05, 0.1) is 0 Å². The molecule has 2 heterocycles. The quantitative estimate of drug-likeness (QED) is 0.609. The van der Waals surface area contributed by atoms with Crippen molar-refractivity contribution < 1.29 is 14.0 Å². The normalized spacial score (nSPS) is 16.5. The Morgan fingerprint density at radius 2 is 1.87 bits per heavy atom. The van der Waals surface area contributed by atoms with E-state index in [1.807, 2.05) is 37.3 Å². The van der Waals surface area contributed by atoms with E-state index in [0.717, 1.165) is 17.7 Å². The maximum atomic E-state index is 14.7. The highest BCUT2D eigenvalue weighted by Crippen LogP contribution is 2.27. The molecule has 1 aliphatic heterocycles. The van der Waals surface area contributed by atoms with E-state index in [0.29, 0.717) is 36.3 Å². The van der Waals surface area contributed by atoms with E-state index < -0.39 is 5.82 Å². The standard InChI is InChI=1S/C24H24FN3O2/c1-16-13-22(26-27(16)2)24(30)28-12-6-9-19(15-28)23(29)18-10-11-20(21(25)14-18)17-7-4-3-5-8-17/h3-5,7-8,10-11,13-14,19H,6,9,12,15H2,1-2H3/t19-/m1/s1. The van der Waals surface area contributed by atoms with Crippen LogP contribution in [0.3, 0.4) is 0 Å². The van der Waals surface area contributed by atoms with Gasteiger partial charge in [0, 0.05) is 42.9 Å². The maximum absolute atomic E-state index is 14.7. The van der Waals surface area contributed by atoms with Crippen LogP contribution in [0.25, 0.3) is 11.1 Å². The minimum absolute atomic E-state index is 0.122. The molecule has 0 spiro atoms. The Morgan fingerprint density at radius 1 is 1.10 bits per heavy atom. The number of hydrogen-bond donors (Lipinski definition) is 0. The van der Waals surface area contributed by atoms with Gasteiger partial charge in [-0.3, -0.25) is 14.3 Å². The third kappa shape index (κ3) is 3.90. The van der Waals surface area contributed by atoms with Gasteiger partial charge in [0.2, 0.25) is 0 Å². The molecule has 2 aromatic carbocycles. The van der Waals surface area contributed by atoms with Crippen molar-refractivity contribution in [3.05, 3.63) is 77.4 Å². The summed E-state index contributed by atoms with van der Waals surface area (Å²) in [6.45, 7) is 2.81. The number of ketones is 1. The van der Waals surface area contributed by atoms with E-state index in [-0.39, 0.29) is 17.6 Å². The van der Waals surface area contributed by atoms with E-state index in [4.69, 9.17) is 0 Å². The van der Waals surface area contributed by atoms with Crippen molar-refractivity contribution in [2.45, 2.75) is 19.8 Å². The van der Waals surface area contributed by atoms with Crippen molar-refractivity contribution >= 4 is 11.7 Å². The lowest BCUT2D eigenvalue weighted by Gasteiger charge is -2.31. The number of carbonyl (C=O) groups is 2. The van der Waals surface area contributed by atoms with Gasteiger partial charge in [-0.1, -0.05) is 42.5 Å². The summed E-state index contributed by atoms with van der Waals surface area (Å²) in [5.74, 6) is -1.04. The Balaban J connectivity index is 1.50. The zero-order valence-corrected chi connectivity index (χ0v) is 17.1. The van der Waals surface area contributed by atoms with Gasteiger partial charge in [-0.15, -0.1) is 0 Å². The number of piperidine rings is 1. The first kappa shape index (κ1) is 20.0. The number of halogens is 1.